The summed E-state index contributed by atoms with van der Waals surface area (Å²) >= 11 is 0. The lowest BCUT2D eigenvalue weighted by Crippen LogP contribution is -2.30. The van der Waals surface area contributed by atoms with E-state index in [-0.39, 0.29) is 18.1 Å². The Kier molecular flexibility index (Phi) is 6.15. The van der Waals surface area contributed by atoms with Crippen molar-refractivity contribution in [3.63, 3.8) is 0 Å². The molecule has 0 fully saturated rings. The number of pyridine rings is 1. The Morgan fingerprint density at radius 1 is 1.11 bits per heavy atom. The summed E-state index contributed by atoms with van der Waals surface area (Å²) in [4.78, 5) is 18.7. The molecule has 4 nitrogen and oxygen atoms in total. The maximum absolute atomic E-state index is 13.7. The molecular weight excluding hydrogens is 343 g/mol. The van der Waals surface area contributed by atoms with Gasteiger partial charge in [0, 0.05) is 24.5 Å². The Labute approximate surface area is 158 Å². The zero-order valence-electron chi connectivity index (χ0n) is 15.1. The van der Waals surface area contributed by atoms with Crippen molar-refractivity contribution in [2.45, 2.75) is 19.4 Å². The van der Waals surface area contributed by atoms with Gasteiger partial charge >= 0.3 is 0 Å². The molecule has 0 aliphatic rings. The van der Waals surface area contributed by atoms with Gasteiger partial charge in [0.15, 0.2) is 0 Å². The average Bonchev–Trinajstić information content (AvgIpc) is 2.71. The summed E-state index contributed by atoms with van der Waals surface area (Å²) in [6, 6.07) is 17.4. The van der Waals surface area contributed by atoms with E-state index in [1.54, 1.807) is 36.5 Å². The third kappa shape index (κ3) is 4.91. The molecule has 0 saturated heterocycles. The van der Waals surface area contributed by atoms with Crippen LogP contribution in [0.4, 0.5) is 10.1 Å². The molecule has 5 heteroatoms. The first-order valence-electron chi connectivity index (χ1n) is 8.74. The van der Waals surface area contributed by atoms with E-state index in [0.717, 1.165) is 16.9 Å². The summed E-state index contributed by atoms with van der Waals surface area (Å²) in [6.45, 7) is 0.335. The largest absolute Gasteiger partial charge is 0.496 e. The molecule has 0 bridgehead atoms. The van der Waals surface area contributed by atoms with Crippen molar-refractivity contribution in [2.75, 3.05) is 12.0 Å². The molecule has 1 amide bonds. The molecule has 0 radical (unpaired) electrons. The van der Waals surface area contributed by atoms with Gasteiger partial charge in [0.1, 0.15) is 11.6 Å². The van der Waals surface area contributed by atoms with Crippen LogP contribution in [0, 0.1) is 5.82 Å². The second-order valence-electron chi connectivity index (χ2n) is 6.13. The number of hydrogen-bond donors (Lipinski definition) is 0. The number of anilines is 1. The topological polar surface area (TPSA) is 42.4 Å². The van der Waals surface area contributed by atoms with Gasteiger partial charge < -0.3 is 9.64 Å². The van der Waals surface area contributed by atoms with Crippen molar-refractivity contribution in [2.24, 2.45) is 0 Å². The van der Waals surface area contributed by atoms with E-state index in [4.69, 9.17) is 4.74 Å². The minimum atomic E-state index is -0.374. The highest BCUT2D eigenvalue weighted by molar-refractivity contribution is 5.93. The minimum Gasteiger partial charge on any atom is -0.496 e. The SMILES string of the molecule is COc1ccccc1CCC(=O)N(Cc1cccnc1)c1cccc(F)c1. The maximum atomic E-state index is 13.7. The molecule has 3 rings (SSSR count). The van der Waals surface area contributed by atoms with Crippen LogP contribution < -0.4 is 9.64 Å². The van der Waals surface area contributed by atoms with E-state index in [9.17, 15) is 9.18 Å². The smallest absolute Gasteiger partial charge is 0.227 e. The van der Waals surface area contributed by atoms with Gasteiger partial charge in [-0.05, 0) is 47.9 Å². The average molecular weight is 364 g/mol. The van der Waals surface area contributed by atoms with E-state index in [1.807, 2.05) is 36.4 Å². The molecule has 0 atom stereocenters. The van der Waals surface area contributed by atoms with Crippen LogP contribution in [0.3, 0.4) is 0 Å². The number of aryl methyl sites for hydroxylation is 1. The highest BCUT2D eigenvalue weighted by Gasteiger charge is 2.17. The predicted octanol–water partition coefficient (Wildman–Crippen LogP) is 4.40. The molecule has 27 heavy (non-hydrogen) atoms. The van der Waals surface area contributed by atoms with Crippen LogP contribution >= 0.6 is 0 Å². The second-order valence-corrected chi connectivity index (χ2v) is 6.13. The van der Waals surface area contributed by atoms with Crippen molar-refractivity contribution in [1.82, 2.24) is 4.98 Å². The fourth-order valence-corrected chi connectivity index (χ4v) is 2.93. The van der Waals surface area contributed by atoms with Crippen molar-refractivity contribution >= 4 is 11.6 Å². The van der Waals surface area contributed by atoms with Gasteiger partial charge in [-0.25, -0.2) is 4.39 Å². The fraction of sp³-hybridized carbons (Fsp3) is 0.182. The Morgan fingerprint density at radius 3 is 2.70 bits per heavy atom. The van der Waals surface area contributed by atoms with Gasteiger partial charge in [-0.2, -0.15) is 0 Å². The van der Waals surface area contributed by atoms with Crippen LogP contribution in [0.15, 0.2) is 73.1 Å². The predicted molar refractivity (Wildman–Crippen MR) is 103 cm³/mol. The maximum Gasteiger partial charge on any atom is 0.227 e. The summed E-state index contributed by atoms with van der Waals surface area (Å²) in [5.41, 5.74) is 2.38. The summed E-state index contributed by atoms with van der Waals surface area (Å²) in [7, 11) is 1.61. The Balaban J connectivity index is 1.80. The standard InChI is InChI=1S/C22H21FN2O2/c1-27-21-10-3-2-7-18(21)11-12-22(26)25(16-17-6-5-13-24-15-17)20-9-4-8-19(23)14-20/h2-10,13-15H,11-12,16H2,1H3. The number of methoxy groups -OCH3 is 1. The molecule has 0 aliphatic carbocycles. The number of halogens is 1. The number of para-hydroxylation sites is 1. The highest BCUT2D eigenvalue weighted by Crippen LogP contribution is 2.22. The third-order valence-electron chi connectivity index (χ3n) is 4.29. The van der Waals surface area contributed by atoms with Gasteiger partial charge in [0.2, 0.25) is 5.91 Å². The number of ether oxygens (including phenoxy) is 1. The molecule has 2 aromatic carbocycles. The van der Waals surface area contributed by atoms with Crippen LogP contribution in [-0.4, -0.2) is 18.0 Å². The van der Waals surface area contributed by atoms with E-state index in [2.05, 4.69) is 4.98 Å². The van der Waals surface area contributed by atoms with E-state index < -0.39 is 0 Å². The van der Waals surface area contributed by atoms with Crippen molar-refractivity contribution in [3.8, 4) is 5.75 Å². The summed E-state index contributed by atoms with van der Waals surface area (Å²) < 4.78 is 19.1. The van der Waals surface area contributed by atoms with Crippen LogP contribution in [0.1, 0.15) is 17.5 Å². The highest BCUT2D eigenvalue weighted by atomic mass is 19.1. The molecule has 0 saturated carbocycles. The van der Waals surface area contributed by atoms with Crippen molar-refractivity contribution < 1.29 is 13.9 Å². The summed E-state index contributed by atoms with van der Waals surface area (Å²) in [5, 5.41) is 0. The molecule has 0 spiro atoms. The van der Waals surface area contributed by atoms with E-state index >= 15 is 0 Å². The molecule has 138 valence electrons. The lowest BCUT2D eigenvalue weighted by atomic mass is 10.1. The zero-order chi connectivity index (χ0) is 19.1. The molecule has 0 unspecified atom stereocenters. The summed E-state index contributed by atoms with van der Waals surface area (Å²) in [6.07, 6.45) is 4.22. The van der Waals surface area contributed by atoms with Crippen LogP contribution in [0.25, 0.3) is 0 Å². The fourth-order valence-electron chi connectivity index (χ4n) is 2.93. The van der Waals surface area contributed by atoms with E-state index in [1.165, 1.54) is 12.1 Å². The van der Waals surface area contributed by atoms with Gasteiger partial charge in [-0.1, -0.05) is 30.3 Å². The second kappa shape index (κ2) is 8.94. The normalized spacial score (nSPS) is 10.4. The minimum absolute atomic E-state index is 0.0876. The zero-order valence-corrected chi connectivity index (χ0v) is 15.1. The number of aromatic nitrogens is 1. The number of carbonyl (C=O) groups is 1. The molecule has 1 aromatic heterocycles. The quantitative estimate of drug-likeness (QED) is 0.624. The van der Waals surface area contributed by atoms with Gasteiger partial charge in [0.25, 0.3) is 0 Å². The summed E-state index contributed by atoms with van der Waals surface area (Å²) in [5.74, 6) is 0.298. The first-order chi connectivity index (χ1) is 13.2. The molecule has 0 aliphatic heterocycles. The van der Waals surface area contributed by atoms with Crippen LogP contribution in [-0.2, 0) is 17.8 Å². The monoisotopic (exact) mass is 364 g/mol. The number of benzene rings is 2. The van der Waals surface area contributed by atoms with Gasteiger partial charge in [-0.3, -0.25) is 9.78 Å². The lowest BCUT2D eigenvalue weighted by Gasteiger charge is -2.23. The number of nitrogens with zero attached hydrogens (tertiary/aromatic N) is 2. The first-order valence-corrected chi connectivity index (χ1v) is 8.74. The van der Waals surface area contributed by atoms with Crippen molar-refractivity contribution in [3.05, 3.63) is 90.0 Å². The molecule has 1 heterocycles. The molecule has 3 aromatic rings. The Bertz CT molecular complexity index is 900. The number of rotatable bonds is 7. The number of hydrogen-bond acceptors (Lipinski definition) is 3. The molecule has 0 N–H and O–H groups in total. The van der Waals surface area contributed by atoms with E-state index in [0.29, 0.717) is 18.7 Å². The third-order valence-corrected chi connectivity index (χ3v) is 4.29. The van der Waals surface area contributed by atoms with Crippen molar-refractivity contribution in [1.29, 1.82) is 0 Å². The van der Waals surface area contributed by atoms with Gasteiger partial charge in [0.05, 0.1) is 13.7 Å². The Morgan fingerprint density at radius 2 is 1.96 bits per heavy atom. The Hall–Kier alpha value is -3.21. The van der Waals surface area contributed by atoms with Crippen LogP contribution in [0.5, 0.6) is 5.75 Å². The lowest BCUT2D eigenvalue weighted by molar-refractivity contribution is -0.118. The van der Waals surface area contributed by atoms with Gasteiger partial charge in [-0.15, -0.1) is 0 Å². The first kappa shape index (κ1) is 18.6. The number of amides is 1. The number of carbonyl (C=O) groups excluding carboxylic acids is 1. The molecular formula is C22H21FN2O2. The van der Waals surface area contributed by atoms with Crippen LogP contribution in [0.2, 0.25) is 0 Å².